The molecule has 2 aliphatic heterocycles. The number of allylic oxidation sites excluding steroid dienone is 1. The van der Waals surface area contributed by atoms with Crippen molar-refractivity contribution in [3.8, 4) is 0 Å². The summed E-state index contributed by atoms with van der Waals surface area (Å²) in [5.41, 5.74) is 8.16. The highest BCUT2D eigenvalue weighted by atomic mass is 16.7. The summed E-state index contributed by atoms with van der Waals surface area (Å²) in [6, 6.07) is 1.97. The second kappa shape index (κ2) is 9.40. The van der Waals surface area contributed by atoms with Crippen molar-refractivity contribution in [2.24, 2.45) is 11.1 Å². The van der Waals surface area contributed by atoms with Crippen molar-refractivity contribution in [2.45, 2.75) is 76.2 Å². The van der Waals surface area contributed by atoms with E-state index >= 15 is 0 Å². The quantitative estimate of drug-likeness (QED) is 0.514. The van der Waals surface area contributed by atoms with E-state index in [1.54, 1.807) is 12.3 Å². The van der Waals surface area contributed by atoms with E-state index in [9.17, 15) is 4.79 Å². The highest BCUT2D eigenvalue weighted by molar-refractivity contribution is 6.08. The van der Waals surface area contributed by atoms with Gasteiger partial charge in [-0.3, -0.25) is 4.79 Å². The molecule has 0 unspecified atom stereocenters. The zero-order chi connectivity index (χ0) is 23.8. The monoisotopic (exact) mass is 467 g/mol. The Hall–Kier alpha value is -2.29. The van der Waals surface area contributed by atoms with E-state index in [0.717, 1.165) is 58.0 Å². The summed E-state index contributed by atoms with van der Waals surface area (Å²) in [7, 11) is 0. The molecule has 3 heterocycles. The molecule has 0 aromatic carbocycles. The zero-order valence-electron chi connectivity index (χ0n) is 20.2. The molecule has 1 aromatic rings. The lowest BCUT2D eigenvalue weighted by atomic mass is 9.60. The molecule has 3 atom stereocenters. The van der Waals surface area contributed by atoms with Crippen molar-refractivity contribution in [1.29, 1.82) is 0 Å². The second-order valence-electron chi connectivity index (χ2n) is 10.1. The predicted molar refractivity (Wildman–Crippen MR) is 130 cm³/mol. The van der Waals surface area contributed by atoms with Gasteiger partial charge in [0.15, 0.2) is 5.79 Å². The van der Waals surface area contributed by atoms with Gasteiger partial charge in [-0.25, -0.2) is 9.97 Å². The lowest BCUT2D eigenvalue weighted by molar-refractivity contribution is -0.248. The Morgan fingerprint density at radius 3 is 2.79 bits per heavy atom. The minimum atomic E-state index is -0.690. The minimum Gasteiger partial charge on any atom is -0.401 e. The van der Waals surface area contributed by atoms with Crippen molar-refractivity contribution in [3.63, 3.8) is 0 Å². The smallest absolute Gasteiger partial charge is 0.226 e. The molecule has 8 nitrogen and oxygen atoms in total. The van der Waals surface area contributed by atoms with Crippen LogP contribution in [0.25, 0.3) is 0 Å². The maximum atomic E-state index is 13.8. The van der Waals surface area contributed by atoms with Crippen LogP contribution in [0.15, 0.2) is 36.2 Å². The summed E-state index contributed by atoms with van der Waals surface area (Å²) < 4.78 is 12.5. The first-order valence-electron chi connectivity index (χ1n) is 12.8. The van der Waals surface area contributed by atoms with Gasteiger partial charge in [-0.2, -0.15) is 0 Å². The highest BCUT2D eigenvalue weighted by Gasteiger charge is 2.59. The summed E-state index contributed by atoms with van der Waals surface area (Å²) >= 11 is 0. The molecule has 1 saturated carbocycles. The van der Waals surface area contributed by atoms with Gasteiger partial charge in [0.2, 0.25) is 11.7 Å². The van der Waals surface area contributed by atoms with Crippen molar-refractivity contribution < 1.29 is 14.3 Å². The molecule has 184 valence electrons. The Labute approximate surface area is 202 Å². The first-order valence-corrected chi connectivity index (χ1v) is 12.8. The number of carbonyl (C=O) groups is 1. The van der Waals surface area contributed by atoms with Crippen LogP contribution in [-0.4, -0.2) is 59.9 Å². The van der Waals surface area contributed by atoms with Gasteiger partial charge in [0.05, 0.1) is 24.7 Å². The summed E-state index contributed by atoms with van der Waals surface area (Å²) in [5, 5.41) is 3.51. The first kappa shape index (κ1) is 23.5. The van der Waals surface area contributed by atoms with Crippen LogP contribution in [0.2, 0.25) is 0 Å². The Kier molecular flexibility index (Phi) is 6.48. The number of Topliss-reactive ketones (excluding diaryl/α,β-unsaturated/α-hetero) is 1. The van der Waals surface area contributed by atoms with Crippen molar-refractivity contribution in [3.05, 3.63) is 41.9 Å². The summed E-state index contributed by atoms with van der Waals surface area (Å²) in [6.07, 6.45) is 10.9. The number of ketones is 1. The largest absolute Gasteiger partial charge is 0.401 e. The first-order chi connectivity index (χ1) is 16.5. The number of aromatic nitrogens is 2. The molecule has 4 aliphatic rings. The van der Waals surface area contributed by atoms with Gasteiger partial charge in [-0.05, 0) is 58.1 Å². The van der Waals surface area contributed by atoms with Gasteiger partial charge in [-0.15, -0.1) is 6.58 Å². The van der Waals surface area contributed by atoms with Crippen LogP contribution in [0.1, 0.15) is 68.8 Å². The number of hydrogen-bond donors (Lipinski definition) is 2. The molecule has 3 N–H and O–H groups in total. The molecule has 0 bridgehead atoms. The molecular weight excluding hydrogens is 430 g/mol. The third-order valence-corrected chi connectivity index (χ3v) is 8.28. The predicted octanol–water partition coefficient (Wildman–Crippen LogP) is 3.10. The number of anilines is 1. The van der Waals surface area contributed by atoms with Crippen LogP contribution in [-0.2, 0) is 9.47 Å². The average molecular weight is 468 g/mol. The Bertz CT molecular complexity index is 973. The summed E-state index contributed by atoms with van der Waals surface area (Å²) in [6.45, 7) is 9.06. The van der Waals surface area contributed by atoms with Crippen molar-refractivity contribution in [2.75, 3.05) is 31.2 Å². The highest BCUT2D eigenvalue weighted by Crippen LogP contribution is 2.57. The van der Waals surface area contributed by atoms with E-state index in [0.29, 0.717) is 42.5 Å². The molecule has 0 amide bonds. The topological polar surface area (TPSA) is 103 Å². The summed E-state index contributed by atoms with van der Waals surface area (Å²) in [4.78, 5) is 25.2. The SMILES string of the molecule is C=C[C@H]1[C@H](C)NCCCN1c1nccc(C(=O)C2=C(N)[C@]3(CCCCC34OCCO4)CCC2)n1. The van der Waals surface area contributed by atoms with E-state index in [4.69, 9.17) is 20.2 Å². The van der Waals surface area contributed by atoms with E-state index in [1.165, 1.54) is 0 Å². The third kappa shape index (κ3) is 3.76. The van der Waals surface area contributed by atoms with Crippen molar-refractivity contribution >= 4 is 11.7 Å². The fourth-order valence-corrected chi connectivity index (χ4v) is 6.56. The number of nitrogens with one attached hydrogen (secondary N) is 1. The van der Waals surface area contributed by atoms with Gasteiger partial charge in [0.25, 0.3) is 0 Å². The lowest BCUT2D eigenvalue weighted by Crippen LogP contribution is -2.56. The fraction of sp³-hybridized carbons (Fsp3) is 0.654. The molecule has 8 heteroatoms. The van der Waals surface area contributed by atoms with E-state index in [-0.39, 0.29) is 17.9 Å². The number of fused-ring (bicyclic) bond motifs is 1. The molecule has 2 saturated heterocycles. The second-order valence-corrected chi connectivity index (χ2v) is 10.1. The standard InChI is InChI=1S/C26H37N5O3/c1-3-21-18(2)28-13-7-15-31(21)24-29-14-9-20(30-24)22(32)19-8-6-11-25(23(19)27)10-4-5-12-26(25)33-16-17-34-26/h3,9,14,18,21,28H,1,4-8,10-13,15-17,27H2,2H3/t18-,21-,25-/m0/s1. The third-order valence-electron chi connectivity index (χ3n) is 8.28. The average Bonchev–Trinajstić information content (AvgIpc) is 3.25. The van der Waals surface area contributed by atoms with E-state index in [1.807, 2.05) is 6.08 Å². The zero-order valence-corrected chi connectivity index (χ0v) is 20.2. The maximum Gasteiger partial charge on any atom is 0.226 e. The Balaban J connectivity index is 1.49. The van der Waals surface area contributed by atoms with Gasteiger partial charge in [0, 0.05) is 36.5 Å². The van der Waals surface area contributed by atoms with Crippen molar-refractivity contribution in [1.82, 2.24) is 15.3 Å². The maximum absolute atomic E-state index is 13.8. The molecule has 5 rings (SSSR count). The van der Waals surface area contributed by atoms with Crippen LogP contribution in [0.5, 0.6) is 0 Å². The van der Waals surface area contributed by atoms with Gasteiger partial charge >= 0.3 is 0 Å². The normalized spacial score (nSPS) is 31.6. The van der Waals surface area contributed by atoms with Crippen LogP contribution >= 0.6 is 0 Å². The summed E-state index contributed by atoms with van der Waals surface area (Å²) in [5.74, 6) is -0.229. The van der Waals surface area contributed by atoms with Gasteiger partial charge in [0.1, 0.15) is 5.69 Å². The lowest BCUT2D eigenvalue weighted by Gasteiger charge is -2.52. The number of hydrogen-bond acceptors (Lipinski definition) is 8. The molecule has 3 fully saturated rings. The molecular formula is C26H37N5O3. The van der Waals surface area contributed by atoms with E-state index in [2.05, 4.69) is 28.7 Å². The van der Waals surface area contributed by atoms with Crippen LogP contribution in [0.4, 0.5) is 5.95 Å². The molecule has 34 heavy (non-hydrogen) atoms. The Morgan fingerprint density at radius 1 is 1.24 bits per heavy atom. The van der Waals surface area contributed by atoms with E-state index < -0.39 is 11.2 Å². The minimum absolute atomic E-state index is 0.0499. The van der Waals surface area contributed by atoms with Crippen LogP contribution in [0, 0.1) is 5.41 Å². The fourth-order valence-electron chi connectivity index (χ4n) is 6.56. The van der Waals surface area contributed by atoms with Crippen LogP contribution < -0.4 is 16.0 Å². The molecule has 2 spiro atoms. The molecule has 0 radical (unpaired) electrons. The molecule has 2 aliphatic carbocycles. The number of nitrogens with two attached hydrogens (primary N) is 1. The number of nitrogens with zero attached hydrogens (tertiary/aromatic N) is 3. The Morgan fingerprint density at radius 2 is 2.00 bits per heavy atom. The number of carbonyl (C=O) groups excluding carboxylic acids is 1. The van der Waals surface area contributed by atoms with Crippen LogP contribution in [0.3, 0.4) is 0 Å². The van der Waals surface area contributed by atoms with Gasteiger partial charge < -0.3 is 25.4 Å². The van der Waals surface area contributed by atoms with Gasteiger partial charge in [-0.1, -0.05) is 12.5 Å². The number of ether oxygens (including phenoxy) is 2. The molecule has 1 aromatic heterocycles. The number of rotatable bonds is 4.